The average molecular weight is 204 g/mol. The van der Waals surface area contributed by atoms with Gasteiger partial charge in [-0.3, -0.25) is 4.98 Å². The Bertz CT molecular complexity index is 284. The van der Waals surface area contributed by atoms with Gasteiger partial charge in [-0.15, -0.1) is 0 Å². The molecule has 2 heteroatoms. The molecule has 1 aliphatic carbocycles. The van der Waals surface area contributed by atoms with Gasteiger partial charge < -0.3 is 5.32 Å². The number of hydrogen-bond donors (Lipinski definition) is 1. The maximum Gasteiger partial charge on any atom is 0.0541 e. The minimum Gasteiger partial charge on any atom is -0.311 e. The van der Waals surface area contributed by atoms with Crippen LogP contribution in [0.1, 0.15) is 31.9 Å². The summed E-state index contributed by atoms with van der Waals surface area (Å²) in [4.78, 5) is 4.30. The first kappa shape index (κ1) is 10.6. The summed E-state index contributed by atoms with van der Waals surface area (Å²) in [6, 6.07) is 6.08. The molecule has 1 N–H and O–H groups in total. The third kappa shape index (κ3) is 3.31. The van der Waals surface area contributed by atoms with Gasteiger partial charge in [-0.1, -0.05) is 19.4 Å². The van der Waals surface area contributed by atoms with E-state index in [4.69, 9.17) is 0 Å². The van der Waals surface area contributed by atoms with Crippen LogP contribution in [0, 0.1) is 11.8 Å². The van der Waals surface area contributed by atoms with Crippen LogP contribution in [0.15, 0.2) is 24.4 Å². The van der Waals surface area contributed by atoms with E-state index in [-0.39, 0.29) is 0 Å². The van der Waals surface area contributed by atoms with Crippen LogP contribution in [-0.2, 0) is 6.54 Å². The van der Waals surface area contributed by atoms with E-state index in [2.05, 4.69) is 23.3 Å². The molecule has 1 aromatic rings. The SMILES string of the molecule is CC1CCC(CNCc2ccccn2)C1. The van der Waals surface area contributed by atoms with Gasteiger partial charge in [0.15, 0.2) is 0 Å². The highest BCUT2D eigenvalue weighted by atomic mass is 14.9. The summed E-state index contributed by atoms with van der Waals surface area (Å²) in [7, 11) is 0. The van der Waals surface area contributed by atoms with E-state index in [0.29, 0.717) is 0 Å². The third-order valence-corrected chi connectivity index (χ3v) is 3.27. The van der Waals surface area contributed by atoms with Crippen LogP contribution in [-0.4, -0.2) is 11.5 Å². The lowest BCUT2D eigenvalue weighted by Crippen LogP contribution is -2.21. The molecule has 1 aromatic heterocycles. The first-order valence-electron chi connectivity index (χ1n) is 5.95. The van der Waals surface area contributed by atoms with Crippen molar-refractivity contribution in [3.8, 4) is 0 Å². The lowest BCUT2D eigenvalue weighted by atomic mass is 10.1. The smallest absolute Gasteiger partial charge is 0.0541 e. The van der Waals surface area contributed by atoms with Crippen LogP contribution in [0.5, 0.6) is 0 Å². The van der Waals surface area contributed by atoms with Gasteiger partial charge in [-0.2, -0.15) is 0 Å². The topological polar surface area (TPSA) is 24.9 Å². The summed E-state index contributed by atoms with van der Waals surface area (Å²) in [5.41, 5.74) is 1.14. The minimum absolute atomic E-state index is 0.892. The molecule has 15 heavy (non-hydrogen) atoms. The monoisotopic (exact) mass is 204 g/mol. The van der Waals surface area contributed by atoms with Gasteiger partial charge in [0, 0.05) is 12.7 Å². The number of nitrogens with zero attached hydrogens (tertiary/aromatic N) is 1. The molecule has 2 unspecified atom stereocenters. The van der Waals surface area contributed by atoms with E-state index in [0.717, 1.165) is 30.6 Å². The molecule has 1 fully saturated rings. The second-order valence-electron chi connectivity index (χ2n) is 4.74. The zero-order chi connectivity index (χ0) is 10.5. The van der Waals surface area contributed by atoms with E-state index in [9.17, 15) is 0 Å². The Morgan fingerprint density at radius 2 is 2.33 bits per heavy atom. The molecule has 0 saturated heterocycles. The fourth-order valence-corrected chi connectivity index (χ4v) is 2.42. The number of aromatic nitrogens is 1. The third-order valence-electron chi connectivity index (χ3n) is 3.27. The molecule has 2 rings (SSSR count). The predicted molar refractivity (Wildman–Crippen MR) is 62.4 cm³/mol. The van der Waals surface area contributed by atoms with E-state index in [1.54, 1.807) is 0 Å². The van der Waals surface area contributed by atoms with E-state index in [1.165, 1.54) is 19.3 Å². The van der Waals surface area contributed by atoms with Crippen LogP contribution in [0.25, 0.3) is 0 Å². The Balaban J connectivity index is 1.67. The van der Waals surface area contributed by atoms with E-state index >= 15 is 0 Å². The van der Waals surface area contributed by atoms with Gasteiger partial charge in [0.25, 0.3) is 0 Å². The molecule has 82 valence electrons. The fraction of sp³-hybridized carbons (Fsp3) is 0.615. The summed E-state index contributed by atoms with van der Waals surface area (Å²) in [5, 5.41) is 3.50. The van der Waals surface area contributed by atoms with Gasteiger partial charge in [-0.05, 0) is 43.4 Å². The van der Waals surface area contributed by atoms with E-state index in [1.807, 2.05) is 18.3 Å². The fourth-order valence-electron chi connectivity index (χ4n) is 2.42. The molecule has 0 aromatic carbocycles. The normalized spacial score (nSPS) is 25.7. The number of pyridine rings is 1. The van der Waals surface area contributed by atoms with Gasteiger partial charge >= 0.3 is 0 Å². The van der Waals surface area contributed by atoms with Crippen LogP contribution in [0.4, 0.5) is 0 Å². The molecule has 2 nitrogen and oxygen atoms in total. The highest BCUT2D eigenvalue weighted by Crippen LogP contribution is 2.29. The summed E-state index contributed by atoms with van der Waals surface area (Å²) in [6.45, 7) is 4.42. The minimum atomic E-state index is 0.892. The second-order valence-corrected chi connectivity index (χ2v) is 4.74. The molecule has 2 atom stereocenters. The van der Waals surface area contributed by atoms with Crippen LogP contribution in [0.3, 0.4) is 0 Å². The Morgan fingerprint density at radius 1 is 1.40 bits per heavy atom. The lowest BCUT2D eigenvalue weighted by molar-refractivity contribution is 0.469. The average Bonchev–Trinajstić information content (AvgIpc) is 2.66. The summed E-state index contributed by atoms with van der Waals surface area (Å²) in [6.07, 6.45) is 6.07. The summed E-state index contributed by atoms with van der Waals surface area (Å²) in [5.74, 6) is 1.83. The molecule has 0 amide bonds. The standard InChI is InChI=1S/C13H20N2/c1-11-5-6-12(8-11)9-14-10-13-4-2-3-7-15-13/h2-4,7,11-12,14H,5-6,8-10H2,1H3. The Kier molecular flexibility index (Phi) is 3.73. The molecule has 1 saturated carbocycles. The number of nitrogens with one attached hydrogen (secondary N) is 1. The zero-order valence-electron chi connectivity index (χ0n) is 9.45. The van der Waals surface area contributed by atoms with Gasteiger partial charge in [0.1, 0.15) is 0 Å². The van der Waals surface area contributed by atoms with Crippen molar-refractivity contribution in [3.63, 3.8) is 0 Å². The maximum atomic E-state index is 4.30. The van der Waals surface area contributed by atoms with Crippen LogP contribution < -0.4 is 5.32 Å². The van der Waals surface area contributed by atoms with Crippen LogP contribution >= 0.6 is 0 Å². The number of rotatable bonds is 4. The molecule has 0 radical (unpaired) electrons. The molecular weight excluding hydrogens is 184 g/mol. The second kappa shape index (κ2) is 5.26. The van der Waals surface area contributed by atoms with Crippen molar-refractivity contribution in [2.45, 2.75) is 32.7 Å². The lowest BCUT2D eigenvalue weighted by Gasteiger charge is -2.10. The summed E-state index contributed by atoms with van der Waals surface area (Å²) >= 11 is 0. The molecule has 0 spiro atoms. The number of hydrogen-bond acceptors (Lipinski definition) is 2. The van der Waals surface area contributed by atoms with Crippen molar-refractivity contribution in [3.05, 3.63) is 30.1 Å². The Labute approximate surface area is 92.1 Å². The molecular formula is C13H20N2. The van der Waals surface area contributed by atoms with Gasteiger partial charge in [0.05, 0.1) is 5.69 Å². The zero-order valence-corrected chi connectivity index (χ0v) is 9.45. The van der Waals surface area contributed by atoms with Crippen LogP contribution in [0.2, 0.25) is 0 Å². The van der Waals surface area contributed by atoms with Crippen molar-refractivity contribution in [2.75, 3.05) is 6.54 Å². The highest BCUT2D eigenvalue weighted by molar-refractivity contribution is 5.02. The first-order chi connectivity index (χ1) is 7.34. The maximum absolute atomic E-state index is 4.30. The molecule has 1 heterocycles. The van der Waals surface area contributed by atoms with Gasteiger partial charge in [-0.25, -0.2) is 0 Å². The van der Waals surface area contributed by atoms with Crippen molar-refractivity contribution >= 4 is 0 Å². The molecule has 0 bridgehead atoms. The van der Waals surface area contributed by atoms with E-state index < -0.39 is 0 Å². The predicted octanol–water partition coefficient (Wildman–Crippen LogP) is 2.61. The van der Waals surface area contributed by atoms with Crippen molar-refractivity contribution in [2.24, 2.45) is 11.8 Å². The summed E-state index contributed by atoms with van der Waals surface area (Å²) < 4.78 is 0. The Morgan fingerprint density at radius 3 is 3.00 bits per heavy atom. The molecule has 1 aliphatic rings. The van der Waals surface area contributed by atoms with Crippen molar-refractivity contribution in [1.82, 2.24) is 10.3 Å². The van der Waals surface area contributed by atoms with Gasteiger partial charge in [0.2, 0.25) is 0 Å². The van der Waals surface area contributed by atoms with Crippen molar-refractivity contribution < 1.29 is 0 Å². The van der Waals surface area contributed by atoms with Crippen molar-refractivity contribution in [1.29, 1.82) is 0 Å². The molecule has 0 aliphatic heterocycles. The first-order valence-corrected chi connectivity index (χ1v) is 5.95. The Hall–Kier alpha value is -0.890. The highest BCUT2D eigenvalue weighted by Gasteiger charge is 2.20. The largest absolute Gasteiger partial charge is 0.311 e. The quantitative estimate of drug-likeness (QED) is 0.815.